The molecule has 0 aliphatic rings. The van der Waals surface area contributed by atoms with E-state index in [1.165, 1.54) is 0 Å². The summed E-state index contributed by atoms with van der Waals surface area (Å²) in [6.45, 7) is 2.00. The summed E-state index contributed by atoms with van der Waals surface area (Å²) in [5, 5.41) is 1.12. The molecule has 0 unspecified atom stereocenters. The minimum Gasteiger partial charge on any atom is -0.330 e. The van der Waals surface area contributed by atoms with Gasteiger partial charge in [-0.2, -0.15) is 0 Å². The molecule has 0 atom stereocenters. The summed E-state index contributed by atoms with van der Waals surface area (Å²) in [5.41, 5.74) is 4.06. The molecule has 0 fully saturated rings. The Balaban J connectivity index is 2.25. The summed E-state index contributed by atoms with van der Waals surface area (Å²) in [5.74, 6) is 0. The van der Waals surface area contributed by atoms with Crippen LogP contribution in [0.1, 0.15) is 5.56 Å². The fraction of sp³-hybridized carbons (Fsp3) is 0.0714. The van der Waals surface area contributed by atoms with Gasteiger partial charge in [-0.1, -0.05) is 18.2 Å². The van der Waals surface area contributed by atoms with Crippen LogP contribution >= 0.6 is 12.2 Å². The van der Waals surface area contributed by atoms with Gasteiger partial charge in [0.05, 0.1) is 11.2 Å². The molecule has 0 amide bonds. The Morgan fingerprint density at radius 1 is 1.11 bits per heavy atom. The van der Waals surface area contributed by atoms with Crippen LogP contribution in [0.25, 0.3) is 22.2 Å². The zero-order valence-electron chi connectivity index (χ0n) is 9.84. The Labute approximate surface area is 110 Å². The van der Waals surface area contributed by atoms with Crippen molar-refractivity contribution in [3.63, 3.8) is 0 Å². The van der Waals surface area contributed by atoms with Gasteiger partial charge in [0.25, 0.3) is 0 Å². The largest absolute Gasteiger partial charge is 0.330 e. The third-order valence-corrected chi connectivity index (χ3v) is 3.09. The summed E-state index contributed by atoms with van der Waals surface area (Å²) in [6, 6.07) is 10.2. The molecule has 0 radical (unpaired) electrons. The number of fused-ring (bicyclic) bond motifs is 1. The number of aromatic nitrogens is 3. The number of H-pyrrole nitrogens is 1. The molecule has 88 valence electrons. The number of benzene rings is 1. The van der Waals surface area contributed by atoms with E-state index in [-0.39, 0.29) is 0 Å². The number of aromatic amines is 1. The maximum absolute atomic E-state index is 5.07. The van der Waals surface area contributed by atoms with E-state index in [2.05, 4.69) is 27.1 Å². The SMILES string of the molecule is Cc1cnc(=S)[nH]c1-c1cnc2ccccc2c1. The van der Waals surface area contributed by atoms with Crippen molar-refractivity contribution in [1.82, 2.24) is 15.0 Å². The molecule has 4 heteroatoms. The molecule has 18 heavy (non-hydrogen) atoms. The molecular formula is C14H11N3S. The van der Waals surface area contributed by atoms with Gasteiger partial charge in [0.15, 0.2) is 4.77 Å². The lowest BCUT2D eigenvalue weighted by molar-refractivity contribution is 1.10. The highest BCUT2D eigenvalue weighted by Gasteiger charge is 2.04. The molecule has 0 saturated heterocycles. The van der Waals surface area contributed by atoms with E-state index in [9.17, 15) is 0 Å². The van der Waals surface area contributed by atoms with Crippen LogP contribution in [0.4, 0.5) is 0 Å². The second-order valence-electron chi connectivity index (χ2n) is 4.16. The molecule has 3 aromatic rings. The summed E-state index contributed by atoms with van der Waals surface area (Å²) >= 11 is 5.07. The van der Waals surface area contributed by atoms with Gasteiger partial charge in [-0.15, -0.1) is 0 Å². The highest BCUT2D eigenvalue weighted by molar-refractivity contribution is 7.71. The predicted molar refractivity (Wildman–Crippen MR) is 74.9 cm³/mol. The molecule has 0 saturated carbocycles. The lowest BCUT2D eigenvalue weighted by Gasteiger charge is -2.06. The number of pyridine rings is 1. The van der Waals surface area contributed by atoms with Gasteiger partial charge in [-0.3, -0.25) is 4.98 Å². The zero-order chi connectivity index (χ0) is 12.5. The topological polar surface area (TPSA) is 41.6 Å². The smallest absolute Gasteiger partial charge is 0.197 e. The van der Waals surface area contributed by atoms with Crippen LogP contribution in [0.2, 0.25) is 0 Å². The first-order valence-electron chi connectivity index (χ1n) is 5.65. The van der Waals surface area contributed by atoms with Crippen LogP contribution < -0.4 is 0 Å². The summed E-state index contributed by atoms with van der Waals surface area (Å²) in [6.07, 6.45) is 3.64. The van der Waals surface area contributed by atoms with E-state index < -0.39 is 0 Å². The van der Waals surface area contributed by atoms with Crippen molar-refractivity contribution in [2.24, 2.45) is 0 Å². The maximum atomic E-state index is 5.07. The third-order valence-electron chi connectivity index (χ3n) is 2.88. The number of hydrogen-bond donors (Lipinski definition) is 1. The first kappa shape index (κ1) is 11.0. The Bertz CT molecular complexity index is 777. The van der Waals surface area contributed by atoms with E-state index in [0.29, 0.717) is 4.77 Å². The van der Waals surface area contributed by atoms with Crippen molar-refractivity contribution >= 4 is 23.1 Å². The Morgan fingerprint density at radius 2 is 1.94 bits per heavy atom. The minimum absolute atomic E-state index is 0.490. The van der Waals surface area contributed by atoms with Crippen LogP contribution in [0.3, 0.4) is 0 Å². The van der Waals surface area contributed by atoms with Crippen LogP contribution in [-0.4, -0.2) is 15.0 Å². The fourth-order valence-electron chi connectivity index (χ4n) is 1.97. The Morgan fingerprint density at radius 3 is 2.83 bits per heavy atom. The Kier molecular flexibility index (Phi) is 2.64. The van der Waals surface area contributed by atoms with Crippen molar-refractivity contribution in [2.45, 2.75) is 6.92 Å². The number of para-hydroxylation sites is 1. The van der Waals surface area contributed by atoms with Crippen LogP contribution in [0.5, 0.6) is 0 Å². The predicted octanol–water partition coefficient (Wildman–Crippen LogP) is 3.66. The molecule has 2 aromatic heterocycles. The quantitative estimate of drug-likeness (QED) is 0.673. The van der Waals surface area contributed by atoms with Gasteiger partial charge < -0.3 is 4.98 Å². The normalized spacial score (nSPS) is 10.7. The monoisotopic (exact) mass is 253 g/mol. The molecule has 1 aromatic carbocycles. The average molecular weight is 253 g/mol. The van der Waals surface area contributed by atoms with Crippen LogP contribution in [0.15, 0.2) is 42.7 Å². The van der Waals surface area contributed by atoms with E-state index >= 15 is 0 Å². The molecular weight excluding hydrogens is 242 g/mol. The average Bonchev–Trinajstić information content (AvgIpc) is 2.41. The highest BCUT2D eigenvalue weighted by Crippen LogP contribution is 2.22. The van der Waals surface area contributed by atoms with Gasteiger partial charge in [-0.05, 0) is 36.8 Å². The molecule has 0 bridgehead atoms. The van der Waals surface area contributed by atoms with Gasteiger partial charge in [0, 0.05) is 23.3 Å². The molecule has 1 N–H and O–H groups in total. The number of hydrogen-bond acceptors (Lipinski definition) is 3. The number of nitrogens with one attached hydrogen (secondary N) is 1. The third kappa shape index (κ3) is 1.91. The van der Waals surface area contributed by atoms with Crippen molar-refractivity contribution in [1.29, 1.82) is 0 Å². The second kappa shape index (κ2) is 4.31. The number of rotatable bonds is 1. The van der Waals surface area contributed by atoms with Crippen LogP contribution in [-0.2, 0) is 0 Å². The van der Waals surface area contributed by atoms with E-state index in [1.54, 1.807) is 6.20 Å². The van der Waals surface area contributed by atoms with Crippen molar-refractivity contribution in [3.8, 4) is 11.3 Å². The molecule has 2 heterocycles. The zero-order valence-corrected chi connectivity index (χ0v) is 10.7. The molecule has 0 aliphatic carbocycles. The standard InChI is InChI=1S/C14H11N3S/c1-9-7-16-14(18)17-13(9)11-6-10-4-2-3-5-12(10)15-8-11/h2-8H,1H3,(H,16,17,18). The summed E-state index contributed by atoms with van der Waals surface area (Å²) < 4.78 is 0.490. The Hall–Kier alpha value is -2.07. The van der Waals surface area contributed by atoms with Crippen molar-refractivity contribution < 1.29 is 0 Å². The maximum Gasteiger partial charge on any atom is 0.197 e. The van der Waals surface area contributed by atoms with Gasteiger partial charge >= 0.3 is 0 Å². The van der Waals surface area contributed by atoms with Crippen LogP contribution in [0, 0.1) is 11.7 Å². The lowest BCUT2D eigenvalue weighted by Crippen LogP contribution is -1.92. The summed E-state index contributed by atoms with van der Waals surface area (Å²) in [4.78, 5) is 11.6. The summed E-state index contributed by atoms with van der Waals surface area (Å²) in [7, 11) is 0. The van der Waals surface area contributed by atoms with Gasteiger partial charge in [0.2, 0.25) is 0 Å². The van der Waals surface area contributed by atoms with E-state index in [0.717, 1.165) is 27.7 Å². The lowest BCUT2D eigenvalue weighted by atomic mass is 10.1. The van der Waals surface area contributed by atoms with E-state index in [4.69, 9.17) is 12.2 Å². The molecule has 3 rings (SSSR count). The molecule has 0 aliphatic heterocycles. The van der Waals surface area contributed by atoms with Crippen molar-refractivity contribution in [3.05, 3.63) is 53.1 Å². The fourth-order valence-corrected chi connectivity index (χ4v) is 2.12. The van der Waals surface area contributed by atoms with Crippen molar-refractivity contribution in [2.75, 3.05) is 0 Å². The molecule has 3 nitrogen and oxygen atoms in total. The first-order chi connectivity index (χ1) is 8.74. The first-order valence-corrected chi connectivity index (χ1v) is 6.06. The van der Waals surface area contributed by atoms with Gasteiger partial charge in [0.1, 0.15) is 0 Å². The minimum atomic E-state index is 0.490. The molecule has 0 spiro atoms. The highest BCUT2D eigenvalue weighted by atomic mass is 32.1. The number of aryl methyl sites for hydroxylation is 1. The second-order valence-corrected chi connectivity index (χ2v) is 4.55. The van der Waals surface area contributed by atoms with Gasteiger partial charge in [-0.25, -0.2) is 4.98 Å². The number of nitrogens with zero attached hydrogens (tertiary/aromatic N) is 2. The van der Waals surface area contributed by atoms with E-state index in [1.807, 2.05) is 31.3 Å².